The summed E-state index contributed by atoms with van der Waals surface area (Å²) in [5, 5.41) is 8.39. The molecule has 1 fully saturated rings. The number of carbonyl (C=O) groups is 2. The Balaban J connectivity index is 0.000000502. The molecule has 5 heteroatoms. The molecule has 0 aromatic carbocycles. The predicted molar refractivity (Wildman–Crippen MR) is 106 cm³/mol. The number of esters is 1. The van der Waals surface area contributed by atoms with Crippen LogP contribution in [-0.2, 0) is 14.3 Å². The van der Waals surface area contributed by atoms with Crippen LogP contribution < -0.4 is 0 Å². The molecule has 1 aliphatic heterocycles. The van der Waals surface area contributed by atoms with E-state index in [1.807, 2.05) is 0 Å². The number of likely N-dealkylation sites (tertiary alicyclic amines) is 1. The molecule has 0 bridgehead atoms. The minimum absolute atomic E-state index is 0.152. The molecule has 0 aliphatic carbocycles. The summed E-state index contributed by atoms with van der Waals surface area (Å²) in [6.45, 7) is 10.7. The number of rotatable bonds is 9. The lowest BCUT2D eigenvalue weighted by molar-refractivity contribution is -0.141. The highest BCUT2D eigenvalue weighted by atomic mass is 16.5. The second kappa shape index (κ2) is 12.3. The van der Waals surface area contributed by atoms with Crippen molar-refractivity contribution in [2.24, 2.45) is 5.41 Å². The van der Waals surface area contributed by atoms with Crippen molar-refractivity contribution in [1.82, 2.24) is 4.90 Å². The average Bonchev–Trinajstić information content (AvgIpc) is 2.55. The van der Waals surface area contributed by atoms with Crippen molar-refractivity contribution in [3.05, 3.63) is 0 Å². The molecule has 1 heterocycles. The van der Waals surface area contributed by atoms with Gasteiger partial charge in [0.15, 0.2) is 0 Å². The molecule has 26 heavy (non-hydrogen) atoms. The molecule has 1 saturated heterocycles. The van der Waals surface area contributed by atoms with Crippen LogP contribution in [-0.4, -0.2) is 48.2 Å². The molecule has 0 atom stereocenters. The third kappa shape index (κ3) is 9.56. The molecule has 154 valence electrons. The van der Waals surface area contributed by atoms with Crippen molar-refractivity contribution in [3.63, 3.8) is 0 Å². The van der Waals surface area contributed by atoms with Crippen LogP contribution in [0.25, 0.3) is 0 Å². The largest absolute Gasteiger partial charge is 0.481 e. The van der Waals surface area contributed by atoms with Crippen LogP contribution in [0.4, 0.5) is 0 Å². The second-order valence-corrected chi connectivity index (χ2v) is 8.56. The summed E-state index contributed by atoms with van der Waals surface area (Å²) in [5.74, 6) is -0.874. The molecule has 0 radical (unpaired) electrons. The molecule has 0 saturated carbocycles. The average molecular weight is 372 g/mol. The van der Waals surface area contributed by atoms with Crippen LogP contribution in [0.3, 0.4) is 0 Å². The number of hydrogen-bond donors (Lipinski definition) is 1. The quantitative estimate of drug-likeness (QED) is 0.462. The Kier molecular flexibility index (Phi) is 11.8. The molecule has 1 aliphatic rings. The summed E-state index contributed by atoms with van der Waals surface area (Å²) in [6, 6.07) is 0. The fraction of sp³-hybridized carbons (Fsp3) is 0.905. The Hall–Kier alpha value is -1.10. The van der Waals surface area contributed by atoms with E-state index in [4.69, 9.17) is 5.11 Å². The van der Waals surface area contributed by atoms with Crippen LogP contribution >= 0.6 is 0 Å². The third-order valence-corrected chi connectivity index (χ3v) is 6.16. The Labute approximate surface area is 160 Å². The number of ether oxygens (including phenoxy) is 1. The molecule has 1 rings (SSSR count). The number of unbranched alkanes of at least 4 members (excludes halogenated alkanes) is 5. The van der Waals surface area contributed by atoms with Crippen LogP contribution in [0.5, 0.6) is 0 Å². The van der Waals surface area contributed by atoms with Crippen molar-refractivity contribution >= 4 is 11.9 Å². The lowest BCUT2D eigenvalue weighted by Gasteiger charge is -2.52. The van der Waals surface area contributed by atoms with Crippen LogP contribution in [0.15, 0.2) is 0 Å². The van der Waals surface area contributed by atoms with E-state index in [2.05, 4.69) is 44.4 Å². The number of carboxylic acid groups (broad SMARTS) is 1. The maximum atomic E-state index is 10.7. The smallest absolute Gasteiger partial charge is 0.305 e. The molecule has 0 aromatic heterocycles. The number of hydrogen-bond acceptors (Lipinski definition) is 4. The molecule has 0 spiro atoms. The number of aliphatic carboxylic acids is 1. The maximum absolute atomic E-state index is 10.7. The standard InChI is InChI=1S/C11H20O4.C10H21N/c1-15-11(14)9-7-5-3-2-4-6-8-10(12)13;1-9(2)7-6-8-11(5)10(9,3)4/h2-9H2,1H3,(H,12,13);6-8H2,1-5H3. The van der Waals surface area contributed by atoms with Crippen molar-refractivity contribution in [2.75, 3.05) is 20.7 Å². The lowest BCUT2D eigenvalue weighted by atomic mass is 9.68. The number of piperidine rings is 1. The van der Waals surface area contributed by atoms with E-state index in [0.717, 1.165) is 38.5 Å². The van der Waals surface area contributed by atoms with Crippen molar-refractivity contribution in [1.29, 1.82) is 0 Å². The van der Waals surface area contributed by atoms with Crippen molar-refractivity contribution in [3.8, 4) is 0 Å². The van der Waals surface area contributed by atoms with E-state index >= 15 is 0 Å². The molecule has 0 amide bonds. The van der Waals surface area contributed by atoms with Gasteiger partial charge in [-0.3, -0.25) is 9.59 Å². The Morgan fingerprint density at radius 1 is 0.962 bits per heavy atom. The number of carbonyl (C=O) groups excluding carboxylic acids is 1. The minimum Gasteiger partial charge on any atom is -0.481 e. The fourth-order valence-electron chi connectivity index (χ4n) is 3.21. The van der Waals surface area contributed by atoms with Gasteiger partial charge in [-0.25, -0.2) is 0 Å². The van der Waals surface area contributed by atoms with Gasteiger partial charge in [0.25, 0.3) is 0 Å². The van der Waals surface area contributed by atoms with E-state index < -0.39 is 5.97 Å². The molecular formula is C21H41NO4. The zero-order valence-electron chi connectivity index (χ0n) is 17.9. The molecule has 0 unspecified atom stereocenters. The van der Waals surface area contributed by atoms with E-state index in [-0.39, 0.29) is 12.4 Å². The number of nitrogens with zero attached hydrogens (tertiary/aromatic N) is 1. The SMILES string of the molecule is CN1CCCC(C)(C)C1(C)C.COC(=O)CCCCCCCCC(=O)O. The van der Waals surface area contributed by atoms with Gasteiger partial charge in [0, 0.05) is 18.4 Å². The van der Waals surface area contributed by atoms with Crippen LogP contribution in [0.2, 0.25) is 0 Å². The first kappa shape index (κ1) is 24.9. The molecule has 0 aromatic rings. The summed E-state index contributed by atoms with van der Waals surface area (Å²) in [6.07, 6.45) is 9.20. The van der Waals surface area contributed by atoms with E-state index in [9.17, 15) is 9.59 Å². The number of carboxylic acids is 1. The molecule has 5 nitrogen and oxygen atoms in total. The topological polar surface area (TPSA) is 66.8 Å². The number of methoxy groups -OCH3 is 1. The van der Waals surface area contributed by atoms with Crippen molar-refractivity contribution < 1.29 is 19.4 Å². The summed E-state index contributed by atoms with van der Waals surface area (Å²) >= 11 is 0. The highest BCUT2D eigenvalue weighted by molar-refractivity contribution is 5.69. The Bertz CT molecular complexity index is 418. The molecule has 1 N–H and O–H groups in total. The zero-order valence-corrected chi connectivity index (χ0v) is 17.9. The summed E-state index contributed by atoms with van der Waals surface area (Å²) in [7, 11) is 3.63. The van der Waals surface area contributed by atoms with Gasteiger partial charge in [0.1, 0.15) is 0 Å². The van der Waals surface area contributed by atoms with Gasteiger partial charge >= 0.3 is 11.9 Å². The monoisotopic (exact) mass is 371 g/mol. The summed E-state index contributed by atoms with van der Waals surface area (Å²) < 4.78 is 4.52. The second-order valence-electron chi connectivity index (χ2n) is 8.56. The Morgan fingerprint density at radius 2 is 1.46 bits per heavy atom. The third-order valence-electron chi connectivity index (χ3n) is 6.16. The summed E-state index contributed by atoms with van der Waals surface area (Å²) in [4.78, 5) is 23.4. The van der Waals surface area contributed by atoms with Crippen molar-refractivity contribution in [2.45, 2.75) is 97.4 Å². The van der Waals surface area contributed by atoms with Crippen LogP contribution in [0, 0.1) is 5.41 Å². The van der Waals surface area contributed by atoms with Crippen LogP contribution in [0.1, 0.15) is 91.9 Å². The van der Waals surface area contributed by atoms with Gasteiger partial charge in [0.05, 0.1) is 7.11 Å². The van der Waals surface area contributed by atoms with Gasteiger partial charge < -0.3 is 14.7 Å². The minimum atomic E-state index is -0.722. The van der Waals surface area contributed by atoms with E-state index in [0.29, 0.717) is 17.4 Å². The highest BCUT2D eigenvalue weighted by Crippen LogP contribution is 2.42. The van der Waals surface area contributed by atoms with Gasteiger partial charge in [-0.1, -0.05) is 39.5 Å². The summed E-state index contributed by atoms with van der Waals surface area (Å²) in [5.41, 5.74) is 0.839. The zero-order chi connectivity index (χ0) is 20.2. The van der Waals surface area contributed by atoms with E-state index in [1.54, 1.807) is 0 Å². The first-order valence-corrected chi connectivity index (χ1v) is 10.0. The first-order chi connectivity index (χ1) is 12.0. The lowest BCUT2D eigenvalue weighted by Crippen LogP contribution is -2.55. The highest BCUT2D eigenvalue weighted by Gasteiger charge is 2.42. The fourth-order valence-corrected chi connectivity index (χ4v) is 3.21. The van der Waals surface area contributed by atoms with Gasteiger partial charge in [0.2, 0.25) is 0 Å². The normalized spacial score (nSPS) is 18.5. The van der Waals surface area contributed by atoms with Gasteiger partial charge in [-0.05, 0) is 58.5 Å². The van der Waals surface area contributed by atoms with Gasteiger partial charge in [-0.2, -0.15) is 0 Å². The predicted octanol–water partition coefficient (Wildman–Crippen LogP) is 4.88. The first-order valence-electron chi connectivity index (χ1n) is 10.0. The van der Waals surface area contributed by atoms with Gasteiger partial charge in [-0.15, -0.1) is 0 Å². The maximum Gasteiger partial charge on any atom is 0.305 e. The van der Waals surface area contributed by atoms with E-state index in [1.165, 1.54) is 26.5 Å². The Morgan fingerprint density at radius 3 is 1.88 bits per heavy atom. The molecular weight excluding hydrogens is 330 g/mol.